The normalized spacial score (nSPS) is 11.6. The maximum atomic E-state index is 13.3. The average Bonchev–Trinajstić information content (AvgIpc) is 2.97. The van der Waals surface area contributed by atoms with Gasteiger partial charge in [0.25, 0.3) is 0 Å². The highest BCUT2D eigenvalue weighted by Gasteiger charge is 2.18. The van der Waals surface area contributed by atoms with Crippen LogP contribution in [0, 0.1) is 0 Å². The number of fused-ring (bicyclic) bond motifs is 1. The second kappa shape index (κ2) is 12.1. The molecule has 5 rings (SSSR count). The van der Waals surface area contributed by atoms with Gasteiger partial charge in [0, 0.05) is 36.3 Å². The third kappa shape index (κ3) is 6.17. The van der Waals surface area contributed by atoms with Gasteiger partial charge in [0.05, 0.1) is 4.90 Å². The van der Waals surface area contributed by atoms with Gasteiger partial charge in [-0.2, -0.15) is 0 Å². The Kier molecular flexibility index (Phi) is 8.24. The molecule has 4 aromatic carbocycles. The van der Waals surface area contributed by atoms with Crippen molar-refractivity contribution < 1.29 is 8.42 Å². The van der Waals surface area contributed by atoms with E-state index in [1.807, 2.05) is 42.5 Å². The molecule has 0 aliphatic heterocycles. The van der Waals surface area contributed by atoms with E-state index in [1.54, 1.807) is 24.5 Å². The van der Waals surface area contributed by atoms with Gasteiger partial charge in [0.2, 0.25) is 10.0 Å². The highest BCUT2D eigenvalue weighted by atomic mass is 32.2. The van der Waals surface area contributed by atoms with E-state index < -0.39 is 10.0 Å². The lowest BCUT2D eigenvalue weighted by molar-refractivity contribution is 0.575. The summed E-state index contributed by atoms with van der Waals surface area (Å²) >= 11 is 0. The molecule has 0 saturated heterocycles. The molecule has 0 saturated carbocycles. The summed E-state index contributed by atoms with van der Waals surface area (Å²) in [4.78, 5) is 4.47. The van der Waals surface area contributed by atoms with Crippen LogP contribution in [0.25, 0.3) is 33.0 Å². The number of hydrogen-bond donors (Lipinski definition) is 2. The molecule has 192 valence electrons. The van der Waals surface area contributed by atoms with Crippen molar-refractivity contribution in [3.8, 4) is 22.3 Å². The summed E-state index contributed by atoms with van der Waals surface area (Å²) in [5, 5.41) is 4.84. The van der Waals surface area contributed by atoms with Crippen molar-refractivity contribution >= 4 is 20.8 Å². The lowest BCUT2D eigenvalue weighted by Gasteiger charge is -2.13. The van der Waals surface area contributed by atoms with Gasteiger partial charge in [-0.25, -0.2) is 13.1 Å². The fourth-order valence-corrected chi connectivity index (χ4v) is 6.00. The van der Waals surface area contributed by atoms with E-state index in [2.05, 4.69) is 63.6 Å². The molecule has 1 heterocycles. The molecule has 5 aromatic rings. The maximum Gasteiger partial charge on any atom is 0.241 e. The molecule has 0 atom stereocenters. The first-order chi connectivity index (χ1) is 18.6. The van der Waals surface area contributed by atoms with Crippen molar-refractivity contribution in [1.29, 1.82) is 0 Å². The zero-order valence-electron chi connectivity index (χ0n) is 21.2. The molecule has 5 nitrogen and oxygen atoms in total. The van der Waals surface area contributed by atoms with Crippen LogP contribution in [0.4, 0.5) is 0 Å². The molecule has 0 radical (unpaired) electrons. The molecular formula is C32H31N3O2S. The lowest BCUT2D eigenvalue weighted by atomic mass is 9.97. The highest BCUT2D eigenvalue weighted by molar-refractivity contribution is 7.89. The highest BCUT2D eigenvalue weighted by Crippen LogP contribution is 2.30. The fraction of sp³-hybridized carbons (Fsp3) is 0.156. The van der Waals surface area contributed by atoms with Crippen molar-refractivity contribution in [1.82, 2.24) is 15.0 Å². The number of pyridine rings is 1. The van der Waals surface area contributed by atoms with Crippen LogP contribution in [0.2, 0.25) is 0 Å². The van der Waals surface area contributed by atoms with Gasteiger partial charge >= 0.3 is 0 Å². The molecule has 0 fully saturated rings. The van der Waals surface area contributed by atoms with Gasteiger partial charge < -0.3 is 5.32 Å². The Morgan fingerprint density at radius 1 is 0.684 bits per heavy atom. The Bertz CT molecular complexity index is 1600. The van der Waals surface area contributed by atoms with Gasteiger partial charge in [-0.1, -0.05) is 84.9 Å². The van der Waals surface area contributed by atoms with Crippen LogP contribution in [0.15, 0.2) is 120 Å². The Balaban J connectivity index is 1.18. The van der Waals surface area contributed by atoms with Crippen LogP contribution in [0.5, 0.6) is 0 Å². The number of benzene rings is 4. The third-order valence-corrected chi connectivity index (χ3v) is 8.11. The van der Waals surface area contributed by atoms with Crippen molar-refractivity contribution in [2.24, 2.45) is 0 Å². The van der Waals surface area contributed by atoms with Gasteiger partial charge in [-0.15, -0.1) is 0 Å². The summed E-state index contributed by atoms with van der Waals surface area (Å²) in [5.41, 5.74) is 5.62. The van der Waals surface area contributed by atoms with Crippen LogP contribution < -0.4 is 10.0 Å². The fourth-order valence-electron chi connectivity index (χ4n) is 4.71. The van der Waals surface area contributed by atoms with E-state index in [0.29, 0.717) is 18.5 Å². The van der Waals surface area contributed by atoms with E-state index in [1.165, 1.54) is 16.7 Å². The molecule has 6 heteroatoms. The van der Waals surface area contributed by atoms with Gasteiger partial charge in [0.1, 0.15) is 0 Å². The SMILES string of the molecule is O=S(=O)(NCCNCCCc1ccccc1-c1ccccc1)c1cc(-c2ccccc2)cc2cnccc12. The quantitative estimate of drug-likeness (QED) is 0.207. The molecular weight excluding hydrogens is 490 g/mol. The maximum absolute atomic E-state index is 13.3. The van der Waals surface area contributed by atoms with Gasteiger partial charge in [0.15, 0.2) is 0 Å². The average molecular weight is 522 g/mol. The van der Waals surface area contributed by atoms with Crippen molar-refractivity contribution in [3.05, 3.63) is 121 Å². The van der Waals surface area contributed by atoms with Gasteiger partial charge in [-0.05, 0) is 65.4 Å². The molecule has 38 heavy (non-hydrogen) atoms. The summed E-state index contributed by atoms with van der Waals surface area (Å²) in [6.45, 7) is 1.67. The second-order valence-corrected chi connectivity index (χ2v) is 10.9. The number of sulfonamides is 1. The second-order valence-electron chi connectivity index (χ2n) is 9.21. The Labute approximate surface area is 224 Å². The number of hydrogen-bond acceptors (Lipinski definition) is 4. The Morgan fingerprint density at radius 3 is 2.18 bits per heavy atom. The molecule has 0 unspecified atom stereocenters. The van der Waals surface area contributed by atoms with E-state index in [4.69, 9.17) is 0 Å². The molecule has 2 N–H and O–H groups in total. The minimum atomic E-state index is -3.71. The summed E-state index contributed by atoms with van der Waals surface area (Å²) in [7, 11) is -3.71. The number of aryl methyl sites for hydroxylation is 1. The number of aromatic nitrogens is 1. The number of nitrogens with one attached hydrogen (secondary N) is 2. The predicted octanol–water partition coefficient (Wildman–Crippen LogP) is 6.07. The molecule has 0 amide bonds. The Hall–Kier alpha value is -3.84. The van der Waals surface area contributed by atoms with Gasteiger partial charge in [-0.3, -0.25) is 4.98 Å². The minimum absolute atomic E-state index is 0.272. The van der Waals surface area contributed by atoms with Crippen LogP contribution in [-0.2, 0) is 16.4 Å². The summed E-state index contributed by atoms with van der Waals surface area (Å²) in [6.07, 6.45) is 5.25. The van der Waals surface area contributed by atoms with Crippen LogP contribution >= 0.6 is 0 Å². The molecule has 0 bridgehead atoms. The Morgan fingerprint density at radius 2 is 1.39 bits per heavy atom. The molecule has 0 aliphatic rings. The van der Waals surface area contributed by atoms with Crippen molar-refractivity contribution in [3.63, 3.8) is 0 Å². The van der Waals surface area contributed by atoms with Crippen LogP contribution in [0.1, 0.15) is 12.0 Å². The zero-order chi connectivity index (χ0) is 26.2. The number of rotatable bonds is 11. The van der Waals surface area contributed by atoms with E-state index in [-0.39, 0.29) is 4.90 Å². The standard InChI is InChI=1S/C32H31N3O2S/c36-38(37,32-23-28(25-10-3-1-4-11-25)22-29-24-34-19-17-31(29)32)35-21-20-33-18-9-15-27-14-7-8-16-30(27)26-12-5-2-6-13-26/h1-8,10-14,16-17,19,22-24,33,35H,9,15,18,20-21H2. The lowest BCUT2D eigenvalue weighted by Crippen LogP contribution is -2.32. The summed E-state index contributed by atoms with van der Waals surface area (Å²) < 4.78 is 29.4. The minimum Gasteiger partial charge on any atom is -0.315 e. The van der Waals surface area contributed by atoms with Crippen LogP contribution in [0.3, 0.4) is 0 Å². The zero-order valence-corrected chi connectivity index (χ0v) is 22.0. The molecule has 1 aromatic heterocycles. The van der Waals surface area contributed by atoms with E-state index in [0.717, 1.165) is 35.9 Å². The van der Waals surface area contributed by atoms with E-state index >= 15 is 0 Å². The topological polar surface area (TPSA) is 71.1 Å². The van der Waals surface area contributed by atoms with E-state index in [9.17, 15) is 8.42 Å². The predicted molar refractivity (Wildman–Crippen MR) is 155 cm³/mol. The first kappa shape index (κ1) is 25.8. The first-order valence-corrected chi connectivity index (χ1v) is 14.4. The monoisotopic (exact) mass is 521 g/mol. The van der Waals surface area contributed by atoms with Crippen LogP contribution in [-0.4, -0.2) is 33.0 Å². The van der Waals surface area contributed by atoms with Crippen molar-refractivity contribution in [2.75, 3.05) is 19.6 Å². The largest absolute Gasteiger partial charge is 0.315 e. The summed E-state index contributed by atoms with van der Waals surface area (Å²) in [6, 6.07) is 34.2. The first-order valence-electron chi connectivity index (χ1n) is 12.9. The third-order valence-electron chi connectivity index (χ3n) is 6.61. The summed E-state index contributed by atoms with van der Waals surface area (Å²) in [5.74, 6) is 0. The number of nitrogens with zero attached hydrogens (tertiary/aromatic N) is 1. The van der Waals surface area contributed by atoms with Crippen molar-refractivity contribution in [2.45, 2.75) is 17.7 Å². The smallest absolute Gasteiger partial charge is 0.241 e. The molecule has 0 spiro atoms. The molecule has 0 aliphatic carbocycles.